The fourth-order valence-electron chi connectivity index (χ4n) is 5.90. The van der Waals surface area contributed by atoms with Gasteiger partial charge < -0.3 is 14.4 Å². The number of pyridine rings is 1. The minimum Gasteiger partial charge on any atom is -0.489 e. The van der Waals surface area contributed by atoms with Gasteiger partial charge in [-0.25, -0.2) is 0 Å². The summed E-state index contributed by atoms with van der Waals surface area (Å²) in [4.78, 5) is 28.9. The van der Waals surface area contributed by atoms with E-state index < -0.39 is 0 Å². The zero-order valence-electron chi connectivity index (χ0n) is 23.4. The molecule has 0 N–H and O–H groups in total. The van der Waals surface area contributed by atoms with Crippen molar-refractivity contribution in [2.45, 2.75) is 25.5 Å². The molecule has 7 nitrogen and oxygen atoms in total. The summed E-state index contributed by atoms with van der Waals surface area (Å²) in [6, 6.07) is 25.3. The lowest BCUT2D eigenvalue weighted by atomic mass is 9.93. The molecule has 0 fully saturated rings. The smallest absolute Gasteiger partial charge is 0.278 e. The first kappa shape index (κ1) is 27.1. The van der Waals surface area contributed by atoms with Crippen LogP contribution in [0, 0.1) is 0 Å². The fraction of sp³-hybridized carbons (Fsp3) is 0.200. The Morgan fingerprint density at radius 1 is 0.833 bits per heavy atom. The molecular formula is C35H33N3O4. The van der Waals surface area contributed by atoms with Crippen LogP contribution in [0.1, 0.15) is 44.3 Å². The second kappa shape index (κ2) is 11.8. The molecule has 1 aliphatic carbocycles. The van der Waals surface area contributed by atoms with E-state index in [4.69, 9.17) is 9.47 Å². The van der Waals surface area contributed by atoms with Crippen molar-refractivity contribution in [2.24, 2.45) is 0 Å². The van der Waals surface area contributed by atoms with Crippen LogP contribution < -0.4 is 19.9 Å². The molecule has 212 valence electrons. The minimum absolute atomic E-state index is 0.0310. The van der Waals surface area contributed by atoms with E-state index in [0.29, 0.717) is 13.2 Å². The molecule has 7 heteroatoms. The molecule has 0 saturated heterocycles. The maximum Gasteiger partial charge on any atom is 0.278 e. The number of amides is 1. The van der Waals surface area contributed by atoms with Crippen LogP contribution in [-0.4, -0.2) is 35.3 Å². The topological polar surface area (TPSA) is 64.0 Å². The number of ether oxygens (including phenoxy) is 2. The summed E-state index contributed by atoms with van der Waals surface area (Å²) in [6.45, 7) is 8.85. The summed E-state index contributed by atoms with van der Waals surface area (Å²) in [5, 5.41) is 2.12. The molecule has 1 atom stereocenters. The number of nitrogens with zero attached hydrogens (tertiary/aromatic N) is 3. The predicted molar refractivity (Wildman–Crippen MR) is 164 cm³/mol. The lowest BCUT2D eigenvalue weighted by Gasteiger charge is -2.44. The highest BCUT2D eigenvalue weighted by Gasteiger charge is 2.39. The summed E-state index contributed by atoms with van der Waals surface area (Å²) in [6.07, 6.45) is 6.83. The van der Waals surface area contributed by atoms with Gasteiger partial charge in [0, 0.05) is 24.4 Å². The van der Waals surface area contributed by atoms with Crippen molar-refractivity contribution in [2.75, 3.05) is 24.8 Å². The van der Waals surface area contributed by atoms with E-state index in [1.54, 1.807) is 27.9 Å². The van der Waals surface area contributed by atoms with Crippen molar-refractivity contribution in [3.05, 3.63) is 154 Å². The van der Waals surface area contributed by atoms with E-state index in [0.717, 1.165) is 35.3 Å². The Labute approximate surface area is 245 Å². The van der Waals surface area contributed by atoms with E-state index in [1.165, 1.54) is 17.2 Å². The molecule has 2 aliphatic rings. The third kappa shape index (κ3) is 4.98. The van der Waals surface area contributed by atoms with Gasteiger partial charge in [-0.05, 0) is 41.2 Å². The highest BCUT2D eigenvalue weighted by atomic mass is 16.5. The summed E-state index contributed by atoms with van der Waals surface area (Å²) in [5.74, 6) is 0.512. The van der Waals surface area contributed by atoms with E-state index in [-0.39, 0.29) is 42.1 Å². The van der Waals surface area contributed by atoms with Crippen molar-refractivity contribution in [1.29, 1.82) is 0 Å². The normalized spacial score (nSPS) is 15.6. The second-order valence-corrected chi connectivity index (χ2v) is 10.4. The van der Waals surface area contributed by atoms with Gasteiger partial charge >= 0.3 is 0 Å². The zero-order chi connectivity index (χ0) is 29.1. The number of carbonyl (C=O) groups excluding carboxylic acids is 1. The first-order valence-corrected chi connectivity index (χ1v) is 14.1. The maximum absolute atomic E-state index is 14.0. The predicted octanol–water partition coefficient (Wildman–Crippen LogP) is 5.42. The summed E-state index contributed by atoms with van der Waals surface area (Å²) in [5.41, 5.74) is 5.31. The molecule has 2 heterocycles. The van der Waals surface area contributed by atoms with Crippen LogP contribution in [0.2, 0.25) is 0 Å². The Bertz CT molecular complexity index is 1690. The molecule has 0 radical (unpaired) electrons. The molecule has 0 spiro atoms. The molecule has 42 heavy (non-hydrogen) atoms. The summed E-state index contributed by atoms with van der Waals surface area (Å²) in [7, 11) is 0. The van der Waals surface area contributed by atoms with E-state index in [9.17, 15) is 9.59 Å². The fourth-order valence-corrected chi connectivity index (χ4v) is 5.90. The van der Waals surface area contributed by atoms with E-state index in [2.05, 4.69) is 42.4 Å². The molecular weight excluding hydrogens is 526 g/mol. The van der Waals surface area contributed by atoms with Gasteiger partial charge in [0.1, 0.15) is 31.7 Å². The molecule has 0 saturated carbocycles. The maximum atomic E-state index is 14.0. The number of hydrogen-bond acceptors (Lipinski definition) is 5. The average molecular weight is 560 g/mol. The van der Waals surface area contributed by atoms with Crippen molar-refractivity contribution < 1.29 is 14.3 Å². The highest BCUT2D eigenvalue weighted by Crippen LogP contribution is 2.42. The van der Waals surface area contributed by atoms with Crippen LogP contribution in [-0.2, 0) is 19.4 Å². The van der Waals surface area contributed by atoms with Gasteiger partial charge in [0.05, 0.1) is 0 Å². The molecule has 6 rings (SSSR count). The summed E-state index contributed by atoms with van der Waals surface area (Å²) >= 11 is 0. The molecule has 1 amide bonds. The Morgan fingerprint density at radius 3 is 2.40 bits per heavy atom. The Morgan fingerprint density at radius 2 is 1.60 bits per heavy atom. The largest absolute Gasteiger partial charge is 0.489 e. The van der Waals surface area contributed by atoms with Gasteiger partial charge in [-0.2, -0.15) is 0 Å². The van der Waals surface area contributed by atoms with Crippen LogP contribution in [0.25, 0.3) is 0 Å². The van der Waals surface area contributed by atoms with Gasteiger partial charge in [-0.15, -0.1) is 6.58 Å². The van der Waals surface area contributed by atoms with E-state index >= 15 is 0 Å². The third-order valence-corrected chi connectivity index (χ3v) is 7.79. The van der Waals surface area contributed by atoms with Crippen LogP contribution in [0.5, 0.6) is 11.5 Å². The Balaban J connectivity index is 1.56. The minimum atomic E-state index is -0.345. The number of aryl methyl sites for hydroxylation is 2. The standard InChI is InChI=1S/C35H33N3O4/c1-3-20-36-24-38(37-21-19-29(39)34(33(37)35(36)40)42-23-25-11-6-5-7-12-25)32-28-15-9-8-13-26(28)17-18-27-14-10-16-30(31(27)32)41-22-4-2/h3-16,19,21,32H,1-2,17-18,20,22-24H2. The van der Waals surface area contributed by atoms with Gasteiger partial charge in [-0.1, -0.05) is 85.5 Å². The van der Waals surface area contributed by atoms with Crippen LogP contribution in [0.4, 0.5) is 0 Å². The lowest BCUT2D eigenvalue weighted by molar-refractivity contribution is 0.0698. The molecule has 4 aromatic rings. The monoisotopic (exact) mass is 559 g/mol. The first-order valence-electron chi connectivity index (χ1n) is 14.1. The van der Waals surface area contributed by atoms with Crippen molar-refractivity contribution in [1.82, 2.24) is 9.58 Å². The van der Waals surface area contributed by atoms with Crippen LogP contribution in [0.3, 0.4) is 0 Å². The van der Waals surface area contributed by atoms with Crippen LogP contribution >= 0.6 is 0 Å². The van der Waals surface area contributed by atoms with Gasteiger partial charge in [0.15, 0.2) is 11.4 Å². The zero-order valence-corrected chi connectivity index (χ0v) is 23.4. The van der Waals surface area contributed by atoms with Crippen LogP contribution in [0.15, 0.2) is 115 Å². The van der Waals surface area contributed by atoms with Crippen molar-refractivity contribution in [3.8, 4) is 11.5 Å². The number of carbonyl (C=O) groups is 1. The average Bonchev–Trinajstić information content (AvgIpc) is 3.19. The number of benzene rings is 3. The Hall–Kier alpha value is -5.04. The number of aromatic nitrogens is 1. The third-order valence-electron chi connectivity index (χ3n) is 7.79. The summed E-state index contributed by atoms with van der Waals surface area (Å²) < 4.78 is 14.2. The Kier molecular flexibility index (Phi) is 7.64. The number of rotatable bonds is 9. The molecule has 3 aromatic carbocycles. The van der Waals surface area contributed by atoms with Crippen molar-refractivity contribution >= 4 is 5.91 Å². The van der Waals surface area contributed by atoms with Gasteiger partial charge in [0.2, 0.25) is 5.43 Å². The number of hydrogen-bond donors (Lipinski definition) is 0. The molecule has 1 aromatic heterocycles. The van der Waals surface area contributed by atoms with Gasteiger partial charge in [0.25, 0.3) is 5.91 Å². The molecule has 0 bridgehead atoms. The lowest BCUT2D eigenvalue weighted by Crippen LogP contribution is -2.55. The molecule has 1 unspecified atom stereocenters. The first-order chi connectivity index (χ1) is 20.6. The second-order valence-electron chi connectivity index (χ2n) is 10.4. The highest BCUT2D eigenvalue weighted by molar-refractivity contribution is 5.96. The van der Waals surface area contributed by atoms with E-state index in [1.807, 2.05) is 48.5 Å². The quantitative estimate of drug-likeness (QED) is 0.257. The van der Waals surface area contributed by atoms with Gasteiger partial charge in [-0.3, -0.25) is 19.3 Å². The molecule has 1 aliphatic heterocycles. The number of fused-ring (bicyclic) bond motifs is 3. The SMILES string of the molecule is C=CCOc1cccc2c1C(N1CN(CC=C)C(=O)c3c(OCc4ccccc4)c(=O)ccn31)c1ccccc1CC2. The van der Waals surface area contributed by atoms with Crippen molar-refractivity contribution in [3.63, 3.8) is 0 Å².